The van der Waals surface area contributed by atoms with Crippen molar-refractivity contribution in [2.24, 2.45) is 0 Å². The fourth-order valence-electron chi connectivity index (χ4n) is 10.8. The first-order valence-electron chi connectivity index (χ1n) is 23.2. The van der Waals surface area contributed by atoms with Crippen LogP contribution < -0.4 is 0 Å². The monoisotopic (exact) mass is 880 g/mol. The normalized spacial score (nSPS) is 12.1. The standard InChI is InChI=1S/C63H36N4O2/c1-3-13-37(14-4-1)61-64-62(38-15-5-2-6-16-38)66-63(65-61)41-23-27-45-43-17-7-8-18-44(43)46-28-26-42(34-50(46)49(45)33-41)67-55-21-11-9-19-47(55)51-31-39(24-29-56(51)67)40-25-30-58-52(32-40)54-36-59-53(35-60(54)69-58)48-20-10-12-22-57(48)68-59/h1-36H. The van der Waals surface area contributed by atoms with Crippen LogP contribution in [0.4, 0.5) is 0 Å². The van der Waals surface area contributed by atoms with Crippen LogP contribution in [0.25, 0.3) is 149 Å². The van der Waals surface area contributed by atoms with Gasteiger partial charge in [0.1, 0.15) is 22.3 Å². The van der Waals surface area contributed by atoms with Crippen LogP contribution in [-0.4, -0.2) is 19.5 Å². The first kappa shape index (κ1) is 37.8. The molecule has 0 aliphatic heterocycles. The van der Waals surface area contributed by atoms with Gasteiger partial charge in [0.15, 0.2) is 17.5 Å². The Bertz CT molecular complexity index is 4550. The number of rotatable bonds is 5. The predicted molar refractivity (Wildman–Crippen MR) is 283 cm³/mol. The quantitative estimate of drug-likeness (QED) is 0.161. The highest BCUT2D eigenvalue weighted by Crippen LogP contribution is 2.42. The topological polar surface area (TPSA) is 69.9 Å². The van der Waals surface area contributed by atoms with Gasteiger partial charge in [0.05, 0.1) is 11.0 Å². The third-order valence-electron chi connectivity index (χ3n) is 14.0. The summed E-state index contributed by atoms with van der Waals surface area (Å²) in [5, 5.41) is 13.7. The van der Waals surface area contributed by atoms with Gasteiger partial charge >= 0.3 is 0 Å². The largest absolute Gasteiger partial charge is 0.456 e. The minimum atomic E-state index is 0.629. The van der Waals surface area contributed by atoms with Crippen molar-refractivity contribution >= 4 is 98.0 Å². The summed E-state index contributed by atoms with van der Waals surface area (Å²) < 4.78 is 15.2. The lowest BCUT2D eigenvalue weighted by molar-refractivity contribution is 0.664. The first-order valence-corrected chi connectivity index (χ1v) is 23.2. The molecule has 4 heterocycles. The summed E-state index contributed by atoms with van der Waals surface area (Å²) in [5.74, 6) is 1.91. The molecule has 0 aliphatic rings. The summed E-state index contributed by atoms with van der Waals surface area (Å²) >= 11 is 0. The number of hydrogen-bond acceptors (Lipinski definition) is 5. The molecule has 0 bridgehead atoms. The van der Waals surface area contributed by atoms with Crippen LogP contribution in [0.15, 0.2) is 227 Å². The van der Waals surface area contributed by atoms with E-state index in [2.05, 4.69) is 144 Å². The van der Waals surface area contributed by atoms with Crippen LogP contribution in [0.3, 0.4) is 0 Å². The average Bonchev–Trinajstić information content (AvgIpc) is 4.08. The molecule has 0 fully saturated rings. The van der Waals surface area contributed by atoms with Gasteiger partial charge in [-0.1, -0.05) is 152 Å². The Labute approximate surface area is 394 Å². The van der Waals surface area contributed by atoms with Crippen molar-refractivity contribution in [1.82, 2.24) is 19.5 Å². The maximum absolute atomic E-state index is 6.45. The van der Waals surface area contributed by atoms with E-state index in [1.807, 2.05) is 78.9 Å². The van der Waals surface area contributed by atoms with Gasteiger partial charge < -0.3 is 13.4 Å². The van der Waals surface area contributed by atoms with Crippen molar-refractivity contribution in [3.8, 4) is 51.0 Å². The molecule has 0 radical (unpaired) electrons. The molecule has 15 rings (SSSR count). The lowest BCUT2D eigenvalue weighted by Crippen LogP contribution is -2.00. The van der Waals surface area contributed by atoms with Crippen LogP contribution in [0, 0.1) is 0 Å². The molecule has 15 aromatic rings. The third-order valence-corrected chi connectivity index (χ3v) is 14.0. The number of fused-ring (bicyclic) bond motifs is 15. The Hall–Kier alpha value is -9.39. The van der Waals surface area contributed by atoms with Crippen molar-refractivity contribution in [2.75, 3.05) is 0 Å². The van der Waals surface area contributed by atoms with Crippen molar-refractivity contribution in [2.45, 2.75) is 0 Å². The lowest BCUT2D eigenvalue weighted by atomic mass is 9.93. The van der Waals surface area contributed by atoms with Crippen LogP contribution in [0.2, 0.25) is 0 Å². The van der Waals surface area contributed by atoms with Gasteiger partial charge in [-0.3, -0.25) is 0 Å². The van der Waals surface area contributed by atoms with Crippen LogP contribution in [-0.2, 0) is 0 Å². The Balaban J connectivity index is 0.899. The number of furan rings is 2. The fourth-order valence-corrected chi connectivity index (χ4v) is 10.8. The van der Waals surface area contributed by atoms with Gasteiger partial charge in [-0.15, -0.1) is 0 Å². The number of benzene rings is 11. The first-order chi connectivity index (χ1) is 34.2. The molecule has 11 aromatic carbocycles. The SMILES string of the molecule is c1ccc(-c2nc(-c3ccccc3)nc(-c3ccc4c5ccccc5c5ccc(-n6c7ccccc7c7cc(-c8ccc9oc%10cc%11c(cc%10c9c8)oc8ccccc8%11)ccc76)cc5c4c3)n2)cc1. The van der Waals surface area contributed by atoms with E-state index in [9.17, 15) is 0 Å². The number of nitrogens with zero attached hydrogens (tertiary/aromatic N) is 4. The molecule has 6 heteroatoms. The van der Waals surface area contributed by atoms with Gasteiger partial charge in [0.2, 0.25) is 0 Å². The highest BCUT2D eigenvalue weighted by atomic mass is 16.3. The summed E-state index contributed by atoms with van der Waals surface area (Å²) in [5.41, 5.74) is 11.9. The number of aromatic nitrogens is 4. The van der Waals surface area contributed by atoms with Crippen molar-refractivity contribution in [3.05, 3.63) is 218 Å². The highest BCUT2D eigenvalue weighted by Gasteiger charge is 2.19. The molecule has 0 aliphatic carbocycles. The average molecular weight is 881 g/mol. The molecular weight excluding hydrogens is 845 g/mol. The summed E-state index contributed by atoms with van der Waals surface area (Å²) in [6.45, 7) is 0. The Morgan fingerprint density at radius 3 is 1.39 bits per heavy atom. The summed E-state index contributed by atoms with van der Waals surface area (Å²) in [7, 11) is 0. The number of hydrogen-bond donors (Lipinski definition) is 0. The maximum atomic E-state index is 6.45. The van der Waals surface area contributed by atoms with E-state index in [0.29, 0.717) is 17.5 Å². The van der Waals surface area contributed by atoms with Crippen LogP contribution in [0.1, 0.15) is 0 Å². The van der Waals surface area contributed by atoms with Gasteiger partial charge in [-0.25, -0.2) is 15.0 Å². The van der Waals surface area contributed by atoms with Gasteiger partial charge in [0.25, 0.3) is 0 Å². The van der Waals surface area contributed by atoms with E-state index in [-0.39, 0.29) is 0 Å². The smallest absolute Gasteiger partial charge is 0.164 e. The molecule has 0 unspecified atom stereocenters. The Kier molecular flexibility index (Phi) is 7.97. The Morgan fingerprint density at radius 1 is 0.246 bits per heavy atom. The van der Waals surface area contributed by atoms with Crippen molar-refractivity contribution in [3.63, 3.8) is 0 Å². The third kappa shape index (κ3) is 5.82. The lowest BCUT2D eigenvalue weighted by Gasteiger charge is -2.15. The van der Waals surface area contributed by atoms with E-state index in [4.69, 9.17) is 23.8 Å². The Morgan fingerprint density at radius 2 is 0.696 bits per heavy atom. The van der Waals surface area contributed by atoms with E-state index in [1.54, 1.807) is 0 Å². The summed E-state index contributed by atoms with van der Waals surface area (Å²) in [6.07, 6.45) is 0. The molecule has 0 spiro atoms. The second kappa shape index (κ2) is 14.6. The second-order valence-electron chi connectivity index (χ2n) is 17.9. The minimum Gasteiger partial charge on any atom is -0.456 e. The highest BCUT2D eigenvalue weighted by molar-refractivity contribution is 6.26. The molecule has 0 N–H and O–H groups in total. The van der Waals surface area contributed by atoms with Crippen molar-refractivity contribution in [1.29, 1.82) is 0 Å². The van der Waals surface area contributed by atoms with Crippen LogP contribution in [0.5, 0.6) is 0 Å². The van der Waals surface area contributed by atoms with E-state index in [0.717, 1.165) is 99.2 Å². The van der Waals surface area contributed by atoms with Gasteiger partial charge in [0, 0.05) is 54.7 Å². The second-order valence-corrected chi connectivity index (χ2v) is 17.9. The molecule has 0 saturated carbocycles. The zero-order chi connectivity index (χ0) is 45.2. The minimum absolute atomic E-state index is 0.629. The van der Waals surface area contributed by atoms with E-state index < -0.39 is 0 Å². The number of para-hydroxylation sites is 2. The zero-order valence-electron chi connectivity index (χ0n) is 36.9. The summed E-state index contributed by atoms with van der Waals surface area (Å²) in [4.78, 5) is 15.2. The van der Waals surface area contributed by atoms with E-state index in [1.165, 1.54) is 32.3 Å². The van der Waals surface area contributed by atoms with Crippen LogP contribution >= 0.6 is 0 Å². The molecule has 4 aromatic heterocycles. The fraction of sp³-hybridized carbons (Fsp3) is 0. The summed E-state index contributed by atoms with van der Waals surface area (Å²) in [6, 6.07) is 77.1. The maximum Gasteiger partial charge on any atom is 0.164 e. The molecule has 69 heavy (non-hydrogen) atoms. The molecule has 0 amide bonds. The molecular formula is C63H36N4O2. The molecule has 320 valence electrons. The van der Waals surface area contributed by atoms with Crippen molar-refractivity contribution < 1.29 is 8.83 Å². The molecule has 6 nitrogen and oxygen atoms in total. The van der Waals surface area contributed by atoms with E-state index >= 15 is 0 Å². The van der Waals surface area contributed by atoms with Gasteiger partial charge in [-0.2, -0.15) is 0 Å². The predicted octanol–water partition coefficient (Wildman–Crippen LogP) is 16.9. The van der Waals surface area contributed by atoms with Gasteiger partial charge in [-0.05, 0) is 110 Å². The molecule has 0 saturated heterocycles. The zero-order valence-corrected chi connectivity index (χ0v) is 36.9. The molecule has 0 atom stereocenters.